The van der Waals surface area contributed by atoms with Crippen LogP contribution >= 0.6 is 11.6 Å². The number of piperidine rings is 1. The van der Waals surface area contributed by atoms with Crippen LogP contribution in [-0.4, -0.2) is 47.1 Å². The van der Waals surface area contributed by atoms with Gasteiger partial charge in [0, 0.05) is 31.7 Å². The van der Waals surface area contributed by atoms with Gasteiger partial charge < -0.3 is 20.9 Å². The van der Waals surface area contributed by atoms with E-state index in [1.165, 1.54) is 0 Å². The lowest BCUT2D eigenvalue weighted by molar-refractivity contribution is 0.182. The van der Waals surface area contributed by atoms with Crippen molar-refractivity contribution in [2.24, 2.45) is 0 Å². The summed E-state index contributed by atoms with van der Waals surface area (Å²) < 4.78 is 0. The zero-order valence-electron chi connectivity index (χ0n) is 15.7. The average Bonchev–Trinajstić information content (AvgIpc) is 2.68. The second kappa shape index (κ2) is 8.43. The second-order valence-electron chi connectivity index (χ2n) is 6.89. The van der Waals surface area contributed by atoms with E-state index in [-0.39, 0.29) is 12.1 Å². The number of nitrogens with two attached hydrogens (primary N) is 1. The summed E-state index contributed by atoms with van der Waals surface area (Å²) >= 11 is 6.05. The molecule has 3 rings (SSSR count). The maximum Gasteiger partial charge on any atom is 0.317 e. The summed E-state index contributed by atoms with van der Waals surface area (Å²) in [6, 6.07) is 5.81. The summed E-state index contributed by atoms with van der Waals surface area (Å²) in [5.74, 6) is 1.19. The molecule has 1 fully saturated rings. The van der Waals surface area contributed by atoms with Gasteiger partial charge in [-0.1, -0.05) is 23.7 Å². The number of urea groups is 1. The average molecular weight is 389 g/mol. The van der Waals surface area contributed by atoms with Gasteiger partial charge in [0.25, 0.3) is 0 Å². The molecule has 144 valence electrons. The largest absolute Gasteiger partial charge is 0.382 e. The van der Waals surface area contributed by atoms with Crippen LogP contribution in [0.3, 0.4) is 0 Å². The molecule has 0 bridgehead atoms. The molecule has 0 unspecified atom stereocenters. The Morgan fingerprint density at radius 3 is 2.93 bits per heavy atom. The molecule has 0 radical (unpaired) electrons. The summed E-state index contributed by atoms with van der Waals surface area (Å²) in [4.78, 5) is 25.0. The maximum absolute atomic E-state index is 12.6. The maximum atomic E-state index is 12.6. The molecular formula is C19H25ClN6O. The molecule has 1 saturated heterocycles. The summed E-state index contributed by atoms with van der Waals surface area (Å²) in [7, 11) is 1.84. The van der Waals surface area contributed by atoms with E-state index in [1.54, 1.807) is 17.3 Å². The van der Waals surface area contributed by atoms with Crippen LogP contribution in [0, 0.1) is 6.92 Å². The number of aryl methyl sites for hydroxylation is 1. The summed E-state index contributed by atoms with van der Waals surface area (Å²) in [6.07, 6.45) is 5.19. The van der Waals surface area contributed by atoms with Crippen molar-refractivity contribution >= 4 is 29.3 Å². The van der Waals surface area contributed by atoms with E-state index < -0.39 is 0 Å². The fourth-order valence-corrected chi connectivity index (χ4v) is 3.38. The first kappa shape index (κ1) is 19.2. The molecule has 1 aliphatic rings. The predicted molar refractivity (Wildman–Crippen MR) is 108 cm³/mol. The number of anilines is 2. The molecule has 1 aromatic carbocycles. The third-order valence-corrected chi connectivity index (χ3v) is 5.34. The molecule has 27 heavy (non-hydrogen) atoms. The van der Waals surface area contributed by atoms with Crippen LogP contribution in [0.4, 0.5) is 16.4 Å². The van der Waals surface area contributed by atoms with E-state index in [4.69, 9.17) is 17.3 Å². The summed E-state index contributed by atoms with van der Waals surface area (Å²) in [5, 5.41) is 3.72. The zero-order chi connectivity index (χ0) is 19.4. The highest BCUT2D eigenvalue weighted by molar-refractivity contribution is 6.31. The number of nitrogens with one attached hydrogen (secondary N) is 1. The first-order valence-electron chi connectivity index (χ1n) is 9.02. The van der Waals surface area contributed by atoms with Crippen LogP contribution in [0.25, 0.3) is 0 Å². The first-order valence-corrected chi connectivity index (χ1v) is 9.40. The standard InChI is InChI=1S/C19H25ClN6O/c1-13-8-14(5-6-16(13)20)9-24-19(27)25(2)15-4-3-7-26(12-15)18-11-22-17(21)10-23-18/h5-6,8,10-11,15H,3-4,7,9,12H2,1-2H3,(H2,21,22)(H,24,27)/t15-/m1/s1. The Hall–Kier alpha value is -2.54. The molecule has 1 aliphatic heterocycles. The molecule has 1 atom stereocenters. The smallest absolute Gasteiger partial charge is 0.317 e. The number of hydrogen-bond donors (Lipinski definition) is 2. The Morgan fingerprint density at radius 1 is 1.41 bits per heavy atom. The molecule has 2 heterocycles. The van der Waals surface area contributed by atoms with Crippen LogP contribution in [0.5, 0.6) is 0 Å². The van der Waals surface area contributed by atoms with Crippen molar-refractivity contribution in [2.75, 3.05) is 30.8 Å². The number of aromatic nitrogens is 2. The molecule has 2 amide bonds. The van der Waals surface area contributed by atoms with E-state index in [9.17, 15) is 4.79 Å². The van der Waals surface area contributed by atoms with Gasteiger partial charge in [0.2, 0.25) is 0 Å². The predicted octanol–water partition coefficient (Wildman–Crippen LogP) is 2.83. The molecule has 0 spiro atoms. The van der Waals surface area contributed by atoms with Crippen molar-refractivity contribution in [1.82, 2.24) is 20.2 Å². The monoisotopic (exact) mass is 388 g/mol. The minimum Gasteiger partial charge on any atom is -0.382 e. The van der Waals surface area contributed by atoms with E-state index in [2.05, 4.69) is 20.2 Å². The van der Waals surface area contributed by atoms with Gasteiger partial charge in [-0.05, 0) is 37.0 Å². The van der Waals surface area contributed by atoms with Gasteiger partial charge in [0.05, 0.1) is 18.4 Å². The topological polar surface area (TPSA) is 87.4 Å². The Labute approximate surface area is 164 Å². The van der Waals surface area contributed by atoms with Crippen LogP contribution in [0.15, 0.2) is 30.6 Å². The molecule has 2 aromatic rings. The number of halogens is 1. The van der Waals surface area contributed by atoms with E-state index in [0.29, 0.717) is 12.4 Å². The Morgan fingerprint density at radius 2 is 2.22 bits per heavy atom. The van der Waals surface area contributed by atoms with Crippen molar-refractivity contribution < 1.29 is 4.79 Å². The number of benzene rings is 1. The number of nitrogen functional groups attached to an aromatic ring is 1. The van der Waals surface area contributed by atoms with Gasteiger partial charge in [0.15, 0.2) is 0 Å². The SMILES string of the molecule is Cc1cc(CNC(=O)N(C)[C@@H]2CCCN(c3cnc(N)cn3)C2)ccc1Cl. The lowest BCUT2D eigenvalue weighted by atomic mass is 10.0. The second-order valence-corrected chi connectivity index (χ2v) is 7.30. The summed E-state index contributed by atoms with van der Waals surface area (Å²) in [6.45, 7) is 4.05. The Kier molecular flexibility index (Phi) is 6.01. The number of rotatable bonds is 4. The van der Waals surface area contributed by atoms with Crippen LogP contribution < -0.4 is 16.0 Å². The van der Waals surface area contributed by atoms with Crippen LogP contribution in [0.2, 0.25) is 5.02 Å². The van der Waals surface area contributed by atoms with E-state index in [1.807, 2.05) is 32.2 Å². The van der Waals surface area contributed by atoms with Crippen LogP contribution in [0.1, 0.15) is 24.0 Å². The van der Waals surface area contributed by atoms with E-state index in [0.717, 1.165) is 47.9 Å². The molecular weight excluding hydrogens is 364 g/mol. The lowest BCUT2D eigenvalue weighted by Gasteiger charge is -2.38. The quantitative estimate of drug-likeness (QED) is 0.840. The fraction of sp³-hybridized carbons (Fsp3) is 0.421. The number of amides is 2. The molecule has 7 nitrogen and oxygen atoms in total. The lowest BCUT2D eigenvalue weighted by Crippen LogP contribution is -2.51. The molecule has 0 saturated carbocycles. The highest BCUT2D eigenvalue weighted by Gasteiger charge is 2.26. The van der Waals surface area contributed by atoms with Crippen molar-refractivity contribution in [3.05, 3.63) is 46.7 Å². The van der Waals surface area contributed by atoms with Crippen LogP contribution in [-0.2, 0) is 6.54 Å². The van der Waals surface area contributed by atoms with Gasteiger partial charge in [-0.25, -0.2) is 14.8 Å². The molecule has 1 aromatic heterocycles. The third-order valence-electron chi connectivity index (χ3n) is 4.91. The first-order chi connectivity index (χ1) is 12.9. The van der Waals surface area contributed by atoms with Crippen molar-refractivity contribution in [3.8, 4) is 0 Å². The highest BCUT2D eigenvalue weighted by atomic mass is 35.5. The normalized spacial score (nSPS) is 16.9. The minimum atomic E-state index is -0.0853. The van der Waals surface area contributed by atoms with E-state index >= 15 is 0 Å². The van der Waals surface area contributed by atoms with Crippen molar-refractivity contribution in [1.29, 1.82) is 0 Å². The fourth-order valence-electron chi connectivity index (χ4n) is 3.26. The zero-order valence-corrected chi connectivity index (χ0v) is 16.4. The van der Waals surface area contributed by atoms with Gasteiger partial charge in [-0.2, -0.15) is 0 Å². The van der Waals surface area contributed by atoms with Gasteiger partial charge >= 0.3 is 6.03 Å². The number of carbonyl (C=O) groups is 1. The molecule has 8 heteroatoms. The van der Waals surface area contributed by atoms with Crippen molar-refractivity contribution in [3.63, 3.8) is 0 Å². The van der Waals surface area contributed by atoms with Gasteiger partial charge in [0.1, 0.15) is 11.6 Å². The number of hydrogen-bond acceptors (Lipinski definition) is 5. The number of nitrogens with zero attached hydrogens (tertiary/aromatic N) is 4. The summed E-state index contributed by atoms with van der Waals surface area (Å²) in [5.41, 5.74) is 7.64. The van der Waals surface area contributed by atoms with Crippen molar-refractivity contribution in [2.45, 2.75) is 32.4 Å². The number of likely N-dealkylation sites (N-methyl/N-ethyl adjacent to an activating group) is 1. The van der Waals surface area contributed by atoms with Gasteiger partial charge in [-0.3, -0.25) is 0 Å². The third kappa shape index (κ3) is 4.80. The minimum absolute atomic E-state index is 0.0853. The molecule has 3 N–H and O–H groups in total. The Balaban J connectivity index is 1.57. The highest BCUT2D eigenvalue weighted by Crippen LogP contribution is 2.20. The molecule has 0 aliphatic carbocycles. The number of carbonyl (C=O) groups excluding carboxylic acids is 1. The Bertz CT molecular complexity index is 797. The van der Waals surface area contributed by atoms with Gasteiger partial charge in [-0.15, -0.1) is 0 Å².